The van der Waals surface area contributed by atoms with E-state index in [4.69, 9.17) is 30.0 Å². The summed E-state index contributed by atoms with van der Waals surface area (Å²) in [6.07, 6.45) is -3.18. The molecule has 2 unspecified atom stereocenters. The van der Waals surface area contributed by atoms with Crippen molar-refractivity contribution < 1.29 is 47.7 Å². The Balaban J connectivity index is 0.00000208. The number of rotatable bonds is 2. The van der Waals surface area contributed by atoms with Crippen LogP contribution in [0.1, 0.15) is 12.5 Å². The van der Waals surface area contributed by atoms with E-state index >= 15 is 0 Å². The van der Waals surface area contributed by atoms with Crippen LogP contribution in [0.4, 0.5) is 11.6 Å². The number of nitrogen functional groups attached to an aromatic ring is 2. The van der Waals surface area contributed by atoms with Crippen LogP contribution in [-0.2, 0) is 27.7 Å². The van der Waals surface area contributed by atoms with Gasteiger partial charge in [-0.05, 0) is 0 Å². The van der Waals surface area contributed by atoms with Crippen LogP contribution in [0, 0.1) is 0 Å². The first-order chi connectivity index (χ1) is 20.9. The summed E-state index contributed by atoms with van der Waals surface area (Å²) in [6.45, 7) is -1.31. The summed E-state index contributed by atoms with van der Waals surface area (Å²) in [5.74, 6) is 0.149. The highest BCUT2D eigenvalue weighted by Crippen LogP contribution is 2.47. The summed E-state index contributed by atoms with van der Waals surface area (Å²) < 4.78 is 51.5. The number of aromatic nitrogens is 8. The number of ether oxygens (including phenoxy) is 2. The SMILES string of the molecule is N.N.Nc1ncnc2c1ncn2[C@@H]1O[C@@H]2COP(=O)(O)N[C@H]3[C@@H](O)[C@H](n4cnc5c(N)ncnc54)O[C@@H]3COP(=O)(O)N[C@H]2[C@H]1O. The van der Waals surface area contributed by atoms with Crippen LogP contribution in [0.5, 0.6) is 0 Å². The number of nitrogens with zero attached hydrogens (tertiary/aromatic N) is 8. The Bertz CT molecular complexity index is 1700. The van der Waals surface area contributed by atoms with Crippen molar-refractivity contribution in [3.63, 3.8) is 0 Å². The number of hydrogen-bond donors (Lipinski definition) is 10. The molecule has 16 N–H and O–H groups in total. The Morgan fingerprint density at radius 2 is 1.11 bits per heavy atom. The minimum atomic E-state index is -4.73. The molecule has 0 aliphatic carbocycles. The maximum atomic E-state index is 13.2. The lowest BCUT2D eigenvalue weighted by atomic mass is 10.1. The minimum absolute atomic E-state index is 0. The lowest BCUT2D eigenvalue weighted by molar-refractivity contribution is -0.0483. The highest BCUT2D eigenvalue weighted by Gasteiger charge is 2.52. The van der Waals surface area contributed by atoms with Crippen LogP contribution >= 0.6 is 15.5 Å². The number of imidazole rings is 2. The van der Waals surface area contributed by atoms with Crippen LogP contribution in [0.3, 0.4) is 0 Å². The van der Waals surface area contributed by atoms with Gasteiger partial charge in [0.2, 0.25) is 0 Å². The van der Waals surface area contributed by atoms with Gasteiger partial charge in [0.05, 0.1) is 38.0 Å². The smallest absolute Gasteiger partial charge is 0.387 e. The third-order valence-corrected chi connectivity index (χ3v) is 9.77. The molecule has 24 nitrogen and oxygen atoms in total. The fourth-order valence-corrected chi connectivity index (χ4v) is 7.70. The fraction of sp³-hybridized carbons (Fsp3) is 0.500. The van der Waals surface area contributed by atoms with Gasteiger partial charge in [-0.3, -0.25) is 18.2 Å². The molecule has 26 heteroatoms. The second-order valence-corrected chi connectivity index (χ2v) is 13.3. The molecule has 3 aliphatic rings. The van der Waals surface area contributed by atoms with Gasteiger partial charge in [0.25, 0.3) is 0 Å². The van der Waals surface area contributed by atoms with Gasteiger partial charge in [-0.25, -0.2) is 49.2 Å². The molecule has 0 spiro atoms. The second kappa shape index (κ2) is 12.4. The molecule has 0 bridgehead atoms. The van der Waals surface area contributed by atoms with Gasteiger partial charge in [0.1, 0.15) is 48.1 Å². The number of aliphatic hydroxyl groups excluding tert-OH is 2. The van der Waals surface area contributed by atoms with Crippen molar-refractivity contribution in [2.24, 2.45) is 0 Å². The molecule has 10 atom stereocenters. The molecule has 46 heavy (non-hydrogen) atoms. The molecule has 3 aliphatic heterocycles. The fourth-order valence-electron chi connectivity index (χ4n) is 5.46. The standard InChI is InChI=1S/C20H26N12O10P2.2H3N/c21-15-11-17(25-3-23-15)31(5-27-11)19-13(33)9-7(41-19)1-39-43(35,36)30-10-8(2-40-44(37,38)29-9)42-20(14(10)34)32-6-28-12-16(22)24-4-26-18(12)32;;/h3-10,13-14,19-20,33-34H,1-2H2,(H2,21,23,25)(H2,22,24,26)(H2,29,37,38)(H2,30,35,36);2*1H3/t7-,8-,9-,10-,13-,14-,19-,20-;;/m1../s1. The van der Waals surface area contributed by atoms with E-state index in [1.54, 1.807) is 0 Å². The highest BCUT2D eigenvalue weighted by molar-refractivity contribution is 7.50. The van der Waals surface area contributed by atoms with Crippen LogP contribution in [-0.4, -0.2) is 109 Å². The van der Waals surface area contributed by atoms with Crippen molar-refractivity contribution in [1.29, 1.82) is 0 Å². The molecule has 0 aromatic carbocycles. The zero-order valence-electron chi connectivity index (χ0n) is 23.6. The molecule has 3 fully saturated rings. The summed E-state index contributed by atoms with van der Waals surface area (Å²) in [5, 5.41) is 27.1. The van der Waals surface area contributed by atoms with Crippen LogP contribution < -0.4 is 33.9 Å². The zero-order valence-corrected chi connectivity index (χ0v) is 25.4. The molecule has 7 heterocycles. The second-order valence-electron chi connectivity index (χ2n) is 10.2. The molecule has 7 rings (SSSR count). The van der Waals surface area contributed by atoms with E-state index in [0.717, 1.165) is 0 Å². The summed E-state index contributed by atoms with van der Waals surface area (Å²) in [4.78, 5) is 45.7. The number of fused-ring (bicyclic) bond motifs is 4. The zero-order chi connectivity index (χ0) is 31.0. The van der Waals surface area contributed by atoms with E-state index in [2.05, 4.69) is 40.1 Å². The molecule has 0 radical (unpaired) electrons. The van der Waals surface area contributed by atoms with Crippen molar-refractivity contribution >= 4 is 49.5 Å². The quantitative estimate of drug-likeness (QED) is 0.100. The van der Waals surface area contributed by atoms with Crippen LogP contribution in [0.15, 0.2) is 25.3 Å². The van der Waals surface area contributed by atoms with Crippen molar-refractivity contribution in [2.75, 3.05) is 24.7 Å². The Labute approximate surface area is 257 Å². The van der Waals surface area contributed by atoms with E-state index in [1.807, 2.05) is 0 Å². The average Bonchev–Trinajstić information content (AvgIpc) is 3.73. The summed E-state index contributed by atoms with van der Waals surface area (Å²) in [7, 11) is -9.45. The molecule has 4 aromatic heterocycles. The summed E-state index contributed by atoms with van der Waals surface area (Å²) >= 11 is 0. The number of nitrogens with two attached hydrogens (primary N) is 2. The first kappa shape index (κ1) is 34.0. The molecule has 4 aromatic rings. The van der Waals surface area contributed by atoms with Gasteiger partial charge < -0.3 is 53.2 Å². The number of nitrogens with one attached hydrogen (secondary N) is 2. The van der Waals surface area contributed by atoms with Crippen molar-refractivity contribution in [1.82, 2.24) is 61.5 Å². The van der Waals surface area contributed by atoms with Crippen molar-refractivity contribution in [3.8, 4) is 0 Å². The Kier molecular flexibility index (Phi) is 9.15. The largest absolute Gasteiger partial charge is 0.403 e. The maximum absolute atomic E-state index is 13.2. The van der Waals surface area contributed by atoms with Gasteiger partial charge in [-0.1, -0.05) is 0 Å². The average molecular weight is 691 g/mol. The number of aliphatic hydroxyl groups is 2. The molecule has 0 saturated carbocycles. The van der Waals surface area contributed by atoms with Gasteiger partial charge >= 0.3 is 15.5 Å². The van der Waals surface area contributed by atoms with Crippen molar-refractivity contribution in [2.45, 2.75) is 49.0 Å². The maximum Gasteiger partial charge on any atom is 0.403 e. The minimum Gasteiger partial charge on any atom is -0.387 e. The Morgan fingerprint density at radius 1 is 0.717 bits per heavy atom. The van der Waals surface area contributed by atoms with Gasteiger partial charge in [-0.15, -0.1) is 0 Å². The van der Waals surface area contributed by atoms with E-state index in [0.29, 0.717) is 0 Å². The predicted octanol–water partition coefficient (Wildman–Crippen LogP) is -2.16. The van der Waals surface area contributed by atoms with Gasteiger partial charge in [0, 0.05) is 0 Å². The molecular weight excluding hydrogens is 658 g/mol. The third-order valence-electron chi connectivity index (χ3n) is 7.52. The van der Waals surface area contributed by atoms with Crippen LogP contribution in [0.25, 0.3) is 22.3 Å². The Hall–Kier alpha value is -3.32. The monoisotopic (exact) mass is 690 g/mol. The summed E-state index contributed by atoms with van der Waals surface area (Å²) in [6, 6.07) is -2.71. The van der Waals surface area contributed by atoms with Gasteiger partial charge in [-0.2, -0.15) is 0 Å². The van der Waals surface area contributed by atoms with E-state index in [1.165, 1.54) is 34.4 Å². The number of anilines is 2. The molecule has 252 valence electrons. The molecule has 0 amide bonds. The molecular formula is C20H32N14O10P2. The van der Waals surface area contributed by atoms with Crippen LogP contribution in [0.2, 0.25) is 0 Å². The normalized spacial score (nSPS) is 36.6. The van der Waals surface area contributed by atoms with Crippen molar-refractivity contribution in [3.05, 3.63) is 25.3 Å². The highest BCUT2D eigenvalue weighted by atomic mass is 31.2. The predicted molar refractivity (Wildman–Crippen MR) is 155 cm³/mol. The third kappa shape index (κ3) is 5.85. The van der Waals surface area contributed by atoms with Gasteiger partial charge in [0.15, 0.2) is 35.4 Å². The lowest BCUT2D eigenvalue weighted by Gasteiger charge is -2.29. The summed E-state index contributed by atoms with van der Waals surface area (Å²) in [5.41, 5.74) is 12.5. The van der Waals surface area contributed by atoms with E-state index in [-0.39, 0.29) is 46.3 Å². The van der Waals surface area contributed by atoms with E-state index in [9.17, 15) is 29.1 Å². The molecule has 3 saturated heterocycles. The first-order valence-corrected chi connectivity index (χ1v) is 16.1. The van der Waals surface area contributed by atoms with E-state index < -0.39 is 77.7 Å². The Morgan fingerprint density at radius 3 is 1.50 bits per heavy atom. The lowest BCUT2D eigenvalue weighted by Crippen LogP contribution is -2.48. The first-order valence-electron chi connectivity index (χ1n) is 13.0. The topological polar surface area (TPSA) is 385 Å². The number of hydrogen-bond acceptors (Lipinski definition) is 18.